The van der Waals surface area contributed by atoms with E-state index < -0.39 is 0 Å². The Kier molecular flexibility index (Phi) is 7.13. The minimum Gasteiger partial charge on any atom is -0.457 e. The van der Waals surface area contributed by atoms with Crippen LogP contribution in [-0.4, -0.2) is 48.9 Å². The second kappa shape index (κ2) is 8.87. The van der Waals surface area contributed by atoms with Gasteiger partial charge in [0.25, 0.3) is 5.91 Å². The zero-order valence-corrected chi connectivity index (χ0v) is 15.8. The van der Waals surface area contributed by atoms with Crippen LogP contribution < -0.4 is 10.6 Å². The Hall–Kier alpha value is -1.05. The number of likely N-dealkylation sites (tertiary alicyclic amines) is 1. The van der Waals surface area contributed by atoms with Crippen molar-refractivity contribution >= 4 is 40.2 Å². The van der Waals surface area contributed by atoms with Gasteiger partial charge in [0.1, 0.15) is 6.26 Å². The predicted octanol–water partition coefficient (Wildman–Crippen LogP) is 2.18. The number of hydrogen-bond donors (Lipinski definition) is 2. The van der Waals surface area contributed by atoms with E-state index in [-0.39, 0.29) is 30.3 Å². The average molecular weight is 421 g/mol. The fraction of sp³-hybridized carbons (Fsp3) is 0.625. The molecular formula is C16H23BrClN3O3. The van der Waals surface area contributed by atoms with Crippen LogP contribution in [-0.2, 0) is 4.79 Å². The van der Waals surface area contributed by atoms with Crippen molar-refractivity contribution in [2.24, 2.45) is 5.92 Å². The van der Waals surface area contributed by atoms with Gasteiger partial charge in [-0.05, 0) is 54.1 Å². The van der Waals surface area contributed by atoms with Gasteiger partial charge in [0.2, 0.25) is 5.91 Å². The van der Waals surface area contributed by atoms with Gasteiger partial charge in [-0.3, -0.25) is 9.59 Å². The molecule has 0 aromatic carbocycles. The van der Waals surface area contributed by atoms with Crippen LogP contribution >= 0.6 is 28.3 Å². The largest absolute Gasteiger partial charge is 0.457 e. The molecule has 0 aliphatic carbocycles. The molecule has 2 aliphatic rings. The third-order valence-electron chi connectivity index (χ3n) is 4.56. The van der Waals surface area contributed by atoms with Crippen LogP contribution in [0.3, 0.4) is 0 Å². The molecule has 2 fully saturated rings. The lowest BCUT2D eigenvalue weighted by atomic mass is 9.97. The Morgan fingerprint density at radius 2 is 2.21 bits per heavy atom. The highest BCUT2D eigenvalue weighted by molar-refractivity contribution is 9.10. The normalized spacial score (nSPS) is 23.6. The summed E-state index contributed by atoms with van der Waals surface area (Å²) in [5.74, 6) is 0.394. The first-order valence-electron chi connectivity index (χ1n) is 8.18. The highest BCUT2D eigenvalue weighted by atomic mass is 79.9. The van der Waals surface area contributed by atoms with Gasteiger partial charge in [-0.2, -0.15) is 0 Å². The maximum absolute atomic E-state index is 12.5. The van der Waals surface area contributed by atoms with Gasteiger partial charge in [-0.25, -0.2) is 0 Å². The molecule has 2 atom stereocenters. The summed E-state index contributed by atoms with van der Waals surface area (Å²) in [5, 5.41) is 6.24. The van der Waals surface area contributed by atoms with Crippen molar-refractivity contribution in [3.63, 3.8) is 0 Å². The van der Waals surface area contributed by atoms with Gasteiger partial charge in [0.15, 0.2) is 4.67 Å². The van der Waals surface area contributed by atoms with Crippen molar-refractivity contribution in [1.82, 2.24) is 15.5 Å². The maximum atomic E-state index is 12.5. The molecule has 2 saturated heterocycles. The van der Waals surface area contributed by atoms with Crippen LogP contribution in [0.1, 0.15) is 36.0 Å². The zero-order valence-electron chi connectivity index (χ0n) is 13.4. The molecule has 1 aromatic heterocycles. The molecule has 6 nitrogen and oxygen atoms in total. The van der Waals surface area contributed by atoms with Gasteiger partial charge >= 0.3 is 0 Å². The molecule has 2 amide bonds. The number of carbonyl (C=O) groups excluding carboxylic acids is 2. The van der Waals surface area contributed by atoms with E-state index in [1.54, 1.807) is 6.07 Å². The number of hydrogen-bond acceptors (Lipinski definition) is 4. The summed E-state index contributed by atoms with van der Waals surface area (Å²) in [6, 6.07) is 1.65. The second-order valence-electron chi connectivity index (χ2n) is 6.29. The first kappa shape index (κ1) is 19.3. The Morgan fingerprint density at radius 3 is 2.88 bits per heavy atom. The van der Waals surface area contributed by atoms with Crippen molar-refractivity contribution in [3.05, 3.63) is 22.6 Å². The van der Waals surface area contributed by atoms with Crippen molar-refractivity contribution in [2.45, 2.75) is 31.7 Å². The van der Waals surface area contributed by atoms with Gasteiger partial charge < -0.3 is 20.0 Å². The van der Waals surface area contributed by atoms with E-state index in [0.29, 0.717) is 29.2 Å². The number of rotatable bonds is 4. The van der Waals surface area contributed by atoms with Crippen molar-refractivity contribution in [1.29, 1.82) is 0 Å². The van der Waals surface area contributed by atoms with Crippen LogP contribution in [0.2, 0.25) is 0 Å². The van der Waals surface area contributed by atoms with Gasteiger partial charge in [-0.15, -0.1) is 12.4 Å². The quantitative estimate of drug-likeness (QED) is 0.783. The van der Waals surface area contributed by atoms with Crippen LogP contribution in [0.25, 0.3) is 0 Å². The Labute approximate surface area is 156 Å². The average Bonchev–Trinajstić information content (AvgIpc) is 3.24. The summed E-state index contributed by atoms with van der Waals surface area (Å²) in [4.78, 5) is 26.4. The SMILES string of the molecule is Cl.O=C(NCC1CCCN(C(=O)c2coc(Br)c2)C1)C1CCCN1. The van der Waals surface area contributed by atoms with E-state index >= 15 is 0 Å². The third kappa shape index (κ3) is 4.74. The second-order valence-corrected chi connectivity index (χ2v) is 7.07. The predicted molar refractivity (Wildman–Crippen MR) is 96.3 cm³/mol. The number of nitrogens with zero attached hydrogens (tertiary/aromatic N) is 1. The van der Waals surface area contributed by atoms with Crippen molar-refractivity contribution in [3.8, 4) is 0 Å². The van der Waals surface area contributed by atoms with E-state index in [9.17, 15) is 9.59 Å². The number of nitrogens with one attached hydrogen (secondary N) is 2. The highest BCUT2D eigenvalue weighted by Gasteiger charge is 2.27. The van der Waals surface area contributed by atoms with Crippen LogP contribution in [0.15, 0.2) is 21.4 Å². The van der Waals surface area contributed by atoms with Crippen molar-refractivity contribution < 1.29 is 14.0 Å². The van der Waals surface area contributed by atoms with Crippen molar-refractivity contribution in [2.75, 3.05) is 26.2 Å². The fourth-order valence-corrected chi connectivity index (χ4v) is 3.64. The van der Waals surface area contributed by atoms with Crippen LogP contribution in [0.4, 0.5) is 0 Å². The molecule has 134 valence electrons. The number of furan rings is 1. The van der Waals surface area contributed by atoms with E-state index in [1.165, 1.54) is 6.26 Å². The van der Waals surface area contributed by atoms with E-state index in [0.717, 1.165) is 38.8 Å². The highest BCUT2D eigenvalue weighted by Crippen LogP contribution is 2.21. The Balaban J connectivity index is 0.00000208. The number of carbonyl (C=O) groups is 2. The number of amides is 2. The monoisotopic (exact) mass is 419 g/mol. The molecule has 2 N–H and O–H groups in total. The standard InChI is InChI=1S/C16H22BrN3O3.ClH/c17-14-7-12(10-23-14)16(22)20-6-2-3-11(9-20)8-19-15(21)13-4-1-5-18-13;/h7,10-11,13,18H,1-6,8-9H2,(H,19,21);1H. The smallest absolute Gasteiger partial charge is 0.257 e. The summed E-state index contributed by atoms with van der Waals surface area (Å²) < 4.78 is 5.71. The molecule has 0 saturated carbocycles. The number of piperidine rings is 1. The van der Waals surface area contributed by atoms with E-state index in [1.807, 2.05) is 4.90 Å². The van der Waals surface area contributed by atoms with E-state index in [2.05, 4.69) is 26.6 Å². The third-order valence-corrected chi connectivity index (χ3v) is 4.98. The minimum atomic E-state index is -0.0420. The maximum Gasteiger partial charge on any atom is 0.257 e. The molecule has 0 spiro atoms. The van der Waals surface area contributed by atoms with Gasteiger partial charge in [0, 0.05) is 25.7 Å². The molecule has 0 bridgehead atoms. The molecule has 1 aromatic rings. The first-order valence-corrected chi connectivity index (χ1v) is 8.97. The lowest BCUT2D eigenvalue weighted by Crippen LogP contribution is -2.46. The molecule has 8 heteroatoms. The molecule has 3 heterocycles. The van der Waals surface area contributed by atoms with Crippen LogP contribution in [0, 0.1) is 5.92 Å². The summed E-state index contributed by atoms with van der Waals surface area (Å²) in [6.45, 7) is 3.00. The first-order chi connectivity index (χ1) is 11.1. The fourth-order valence-electron chi connectivity index (χ4n) is 3.30. The molecule has 0 radical (unpaired) electrons. The van der Waals surface area contributed by atoms with Crippen LogP contribution in [0.5, 0.6) is 0 Å². The summed E-state index contributed by atoms with van der Waals surface area (Å²) in [7, 11) is 0. The topological polar surface area (TPSA) is 74.6 Å². The zero-order chi connectivity index (χ0) is 16.2. The van der Waals surface area contributed by atoms with Gasteiger partial charge in [0.05, 0.1) is 11.6 Å². The van der Waals surface area contributed by atoms with E-state index in [4.69, 9.17) is 4.42 Å². The lowest BCUT2D eigenvalue weighted by molar-refractivity contribution is -0.123. The number of halogens is 2. The molecule has 24 heavy (non-hydrogen) atoms. The Morgan fingerprint density at radius 1 is 1.38 bits per heavy atom. The molecule has 3 rings (SSSR count). The molecular weight excluding hydrogens is 398 g/mol. The summed E-state index contributed by atoms with van der Waals surface area (Å²) >= 11 is 3.22. The summed E-state index contributed by atoms with van der Waals surface area (Å²) in [5.41, 5.74) is 0.566. The minimum absolute atomic E-state index is 0. The Bertz CT molecular complexity index is 575. The molecule has 2 aliphatic heterocycles. The summed E-state index contributed by atoms with van der Waals surface area (Å²) in [6.07, 6.45) is 5.45. The molecule has 2 unspecified atom stereocenters. The van der Waals surface area contributed by atoms with Gasteiger partial charge in [-0.1, -0.05) is 0 Å². The lowest BCUT2D eigenvalue weighted by Gasteiger charge is -2.32.